The van der Waals surface area contributed by atoms with E-state index in [4.69, 9.17) is 21.1 Å². The molecule has 1 amide bonds. The van der Waals surface area contributed by atoms with Crippen molar-refractivity contribution in [2.75, 3.05) is 25.1 Å². The molecule has 4 nitrogen and oxygen atoms in total. The molecule has 0 aliphatic carbocycles. The van der Waals surface area contributed by atoms with Crippen molar-refractivity contribution in [1.82, 2.24) is 0 Å². The number of hydrogen-bond donors (Lipinski definition) is 1. The number of amides is 1. The molecule has 1 atom stereocenters. The van der Waals surface area contributed by atoms with E-state index < -0.39 is 6.10 Å². The maximum atomic E-state index is 12.1. The molecular formula is C19H22ClNO3S. The van der Waals surface area contributed by atoms with Crippen LogP contribution in [0.15, 0.2) is 58.3 Å². The van der Waals surface area contributed by atoms with E-state index in [1.807, 2.05) is 49.4 Å². The maximum Gasteiger partial charge on any atom is 0.253 e. The molecule has 0 aliphatic rings. The van der Waals surface area contributed by atoms with E-state index in [0.717, 1.165) is 9.79 Å². The Hall–Kier alpha value is -1.53. The van der Waals surface area contributed by atoms with Crippen LogP contribution in [0.1, 0.15) is 13.8 Å². The molecule has 0 spiro atoms. The molecule has 0 heterocycles. The number of ether oxygens (including phenoxy) is 2. The van der Waals surface area contributed by atoms with Crippen molar-refractivity contribution < 1.29 is 14.3 Å². The lowest BCUT2D eigenvalue weighted by molar-refractivity contribution is -0.127. The molecule has 2 aromatic carbocycles. The van der Waals surface area contributed by atoms with E-state index in [0.29, 0.717) is 30.5 Å². The van der Waals surface area contributed by atoms with Gasteiger partial charge in [0.05, 0.1) is 18.2 Å². The fraction of sp³-hybridized carbons (Fsp3) is 0.316. The molecule has 134 valence electrons. The summed E-state index contributed by atoms with van der Waals surface area (Å²) in [5.74, 6) is -0.212. The summed E-state index contributed by atoms with van der Waals surface area (Å²) in [4.78, 5) is 14.2. The normalized spacial score (nSPS) is 12.0. The van der Waals surface area contributed by atoms with Gasteiger partial charge in [-0.3, -0.25) is 4.79 Å². The van der Waals surface area contributed by atoms with E-state index in [1.54, 1.807) is 24.8 Å². The van der Waals surface area contributed by atoms with Crippen molar-refractivity contribution in [3.05, 3.63) is 53.6 Å². The van der Waals surface area contributed by atoms with Gasteiger partial charge in [-0.2, -0.15) is 0 Å². The van der Waals surface area contributed by atoms with Gasteiger partial charge in [0, 0.05) is 22.1 Å². The molecule has 2 rings (SSSR count). The average molecular weight is 380 g/mol. The molecule has 0 aliphatic heterocycles. The van der Waals surface area contributed by atoms with Crippen molar-refractivity contribution >= 4 is 35.0 Å². The molecule has 25 heavy (non-hydrogen) atoms. The summed E-state index contributed by atoms with van der Waals surface area (Å²) in [6.45, 7) is 5.12. The van der Waals surface area contributed by atoms with E-state index >= 15 is 0 Å². The lowest BCUT2D eigenvalue weighted by atomic mass is 10.3. The van der Waals surface area contributed by atoms with Crippen LogP contribution in [0.2, 0.25) is 5.02 Å². The number of rotatable bonds is 9. The third-order valence-corrected chi connectivity index (χ3v) is 4.85. The lowest BCUT2D eigenvalue weighted by Gasteiger charge is -2.14. The van der Waals surface area contributed by atoms with Crippen LogP contribution >= 0.6 is 23.4 Å². The number of halogens is 1. The lowest BCUT2D eigenvalue weighted by Crippen LogP contribution is -2.28. The van der Waals surface area contributed by atoms with Gasteiger partial charge >= 0.3 is 0 Å². The quantitative estimate of drug-likeness (QED) is 0.631. The van der Waals surface area contributed by atoms with E-state index in [-0.39, 0.29) is 5.91 Å². The largest absolute Gasteiger partial charge is 0.379 e. The summed E-state index contributed by atoms with van der Waals surface area (Å²) >= 11 is 7.92. The minimum absolute atomic E-state index is 0.212. The zero-order chi connectivity index (χ0) is 18.1. The smallest absolute Gasteiger partial charge is 0.253 e. The van der Waals surface area contributed by atoms with Crippen LogP contribution in [-0.4, -0.2) is 31.8 Å². The first-order valence-electron chi connectivity index (χ1n) is 8.12. The highest BCUT2D eigenvalue weighted by Gasteiger charge is 2.14. The molecule has 2 aromatic rings. The molecule has 0 radical (unpaired) electrons. The van der Waals surface area contributed by atoms with Crippen LogP contribution in [-0.2, 0) is 14.3 Å². The van der Waals surface area contributed by atoms with Crippen LogP contribution in [0, 0.1) is 0 Å². The molecule has 0 saturated carbocycles. The SMILES string of the molecule is CCOCCO[C@H](C)C(=O)Nc1ccc(Sc2ccccc2)c(Cl)c1. The molecule has 6 heteroatoms. The second-order valence-corrected chi connectivity index (χ2v) is 6.78. The van der Waals surface area contributed by atoms with E-state index in [1.165, 1.54) is 0 Å². The molecule has 0 bridgehead atoms. The molecule has 1 N–H and O–H groups in total. The Bertz CT molecular complexity index is 682. The number of carbonyl (C=O) groups is 1. The molecule has 0 unspecified atom stereocenters. The minimum atomic E-state index is -0.558. The van der Waals surface area contributed by atoms with Gasteiger partial charge in [0.2, 0.25) is 0 Å². The van der Waals surface area contributed by atoms with Gasteiger partial charge in [-0.15, -0.1) is 0 Å². The predicted octanol–water partition coefficient (Wildman–Crippen LogP) is 4.87. The van der Waals surface area contributed by atoms with Crippen LogP contribution in [0.5, 0.6) is 0 Å². The van der Waals surface area contributed by atoms with E-state index in [2.05, 4.69) is 5.32 Å². The molecule has 0 aromatic heterocycles. The summed E-state index contributed by atoms with van der Waals surface area (Å²) < 4.78 is 10.6. The van der Waals surface area contributed by atoms with Crippen molar-refractivity contribution in [3.63, 3.8) is 0 Å². The summed E-state index contributed by atoms with van der Waals surface area (Å²) in [5, 5.41) is 3.41. The summed E-state index contributed by atoms with van der Waals surface area (Å²) in [6.07, 6.45) is -0.558. The number of hydrogen-bond acceptors (Lipinski definition) is 4. The summed E-state index contributed by atoms with van der Waals surface area (Å²) in [5.41, 5.74) is 0.646. The number of benzene rings is 2. The van der Waals surface area contributed by atoms with Crippen molar-refractivity contribution in [3.8, 4) is 0 Å². The highest BCUT2D eigenvalue weighted by atomic mass is 35.5. The van der Waals surface area contributed by atoms with Crippen LogP contribution < -0.4 is 5.32 Å². The number of nitrogens with one attached hydrogen (secondary N) is 1. The highest BCUT2D eigenvalue weighted by Crippen LogP contribution is 2.34. The fourth-order valence-electron chi connectivity index (χ4n) is 2.02. The Balaban J connectivity index is 1.90. The van der Waals surface area contributed by atoms with Gasteiger partial charge in [-0.25, -0.2) is 0 Å². The van der Waals surface area contributed by atoms with Crippen LogP contribution in [0.25, 0.3) is 0 Å². The van der Waals surface area contributed by atoms with Crippen LogP contribution in [0.3, 0.4) is 0 Å². The number of anilines is 1. The topological polar surface area (TPSA) is 47.6 Å². The Morgan fingerprint density at radius 1 is 1.20 bits per heavy atom. The van der Waals surface area contributed by atoms with Crippen molar-refractivity contribution in [2.45, 2.75) is 29.7 Å². The Labute approximate surface area is 157 Å². The first-order chi connectivity index (χ1) is 12.1. The first kappa shape index (κ1) is 19.8. The third-order valence-electron chi connectivity index (χ3n) is 3.34. The second-order valence-electron chi connectivity index (χ2n) is 5.26. The van der Waals surface area contributed by atoms with Gasteiger partial charge in [0.15, 0.2) is 0 Å². The van der Waals surface area contributed by atoms with Gasteiger partial charge in [0.25, 0.3) is 5.91 Å². The average Bonchev–Trinajstić information content (AvgIpc) is 2.61. The zero-order valence-electron chi connectivity index (χ0n) is 14.3. The minimum Gasteiger partial charge on any atom is -0.379 e. The Kier molecular flexibility index (Phi) is 8.28. The van der Waals surface area contributed by atoms with Crippen molar-refractivity contribution in [2.24, 2.45) is 0 Å². The zero-order valence-corrected chi connectivity index (χ0v) is 15.9. The van der Waals surface area contributed by atoms with Gasteiger partial charge in [-0.05, 0) is 44.2 Å². The first-order valence-corrected chi connectivity index (χ1v) is 9.32. The van der Waals surface area contributed by atoms with Gasteiger partial charge < -0.3 is 14.8 Å². The summed E-state index contributed by atoms with van der Waals surface area (Å²) in [6, 6.07) is 15.5. The predicted molar refractivity (Wildman–Crippen MR) is 103 cm³/mol. The summed E-state index contributed by atoms with van der Waals surface area (Å²) in [7, 11) is 0. The highest BCUT2D eigenvalue weighted by molar-refractivity contribution is 7.99. The molecular weight excluding hydrogens is 358 g/mol. The van der Waals surface area contributed by atoms with Crippen LogP contribution in [0.4, 0.5) is 5.69 Å². The van der Waals surface area contributed by atoms with Crippen molar-refractivity contribution in [1.29, 1.82) is 0 Å². The Morgan fingerprint density at radius 3 is 2.64 bits per heavy atom. The molecule has 0 saturated heterocycles. The number of carbonyl (C=O) groups excluding carboxylic acids is 1. The van der Waals surface area contributed by atoms with E-state index in [9.17, 15) is 4.79 Å². The van der Waals surface area contributed by atoms with Gasteiger partial charge in [-0.1, -0.05) is 41.6 Å². The molecule has 0 fully saturated rings. The monoisotopic (exact) mass is 379 g/mol. The maximum absolute atomic E-state index is 12.1. The second kappa shape index (κ2) is 10.5. The third kappa shape index (κ3) is 6.71. The standard InChI is InChI=1S/C19H22ClNO3S/c1-3-23-11-12-24-14(2)19(22)21-15-9-10-18(17(20)13-15)25-16-7-5-4-6-8-16/h4-10,13-14H,3,11-12H2,1-2H3,(H,21,22)/t14-/m1/s1. The van der Waals surface area contributed by atoms with Gasteiger partial charge in [0.1, 0.15) is 6.10 Å². The fourth-order valence-corrected chi connectivity index (χ4v) is 3.16. The Morgan fingerprint density at radius 2 is 1.96 bits per heavy atom.